The molecule has 1 amide bonds. The van der Waals surface area contributed by atoms with Gasteiger partial charge in [-0.25, -0.2) is 4.98 Å². The largest absolute Gasteiger partial charge is 0.466 e. The van der Waals surface area contributed by atoms with Crippen molar-refractivity contribution in [2.45, 2.75) is 39.0 Å². The van der Waals surface area contributed by atoms with Crippen molar-refractivity contribution in [3.63, 3.8) is 0 Å². The van der Waals surface area contributed by atoms with Gasteiger partial charge in [0.15, 0.2) is 0 Å². The van der Waals surface area contributed by atoms with Crippen LogP contribution in [0.5, 0.6) is 0 Å². The lowest BCUT2D eigenvalue weighted by molar-refractivity contribution is -0.160. The smallest absolute Gasteiger partial charge is 0.314 e. The van der Waals surface area contributed by atoms with Gasteiger partial charge in [0.2, 0.25) is 5.91 Å². The first kappa shape index (κ1) is 21.5. The van der Waals surface area contributed by atoms with E-state index in [4.69, 9.17) is 4.74 Å². The molecule has 1 aliphatic heterocycles. The van der Waals surface area contributed by atoms with Crippen molar-refractivity contribution in [2.24, 2.45) is 5.41 Å². The minimum atomic E-state index is -0.679. The number of piperidine rings is 1. The van der Waals surface area contributed by atoms with E-state index >= 15 is 0 Å². The normalized spacial score (nSPS) is 18.8. The van der Waals surface area contributed by atoms with E-state index in [1.807, 2.05) is 60.4 Å². The van der Waals surface area contributed by atoms with Crippen molar-refractivity contribution >= 4 is 33.4 Å². The average Bonchev–Trinajstić information content (AvgIpc) is 3.21. The van der Waals surface area contributed by atoms with Gasteiger partial charge in [-0.05, 0) is 43.9 Å². The molecule has 0 N–H and O–H groups in total. The molecule has 1 saturated heterocycles. The van der Waals surface area contributed by atoms with Crippen LogP contribution in [0.2, 0.25) is 0 Å². The number of aryl methyl sites for hydroxylation is 1. The Labute approximate surface area is 187 Å². The van der Waals surface area contributed by atoms with Crippen molar-refractivity contribution in [3.8, 4) is 0 Å². The minimum absolute atomic E-state index is 0.0840. The fourth-order valence-corrected chi connectivity index (χ4v) is 5.36. The minimum Gasteiger partial charge on any atom is -0.466 e. The lowest BCUT2D eigenvalue weighted by Crippen LogP contribution is -2.51. The van der Waals surface area contributed by atoms with Crippen LogP contribution in [-0.2, 0) is 27.2 Å². The highest BCUT2D eigenvalue weighted by molar-refractivity contribution is 7.18. The van der Waals surface area contributed by atoms with Gasteiger partial charge >= 0.3 is 5.97 Å². The van der Waals surface area contributed by atoms with Crippen molar-refractivity contribution < 1.29 is 14.3 Å². The molecule has 0 spiro atoms. The van der Waals surface area contributed by atoms with Crippen LogP contribution in [0.4, 0.5) is 0 Å². The Kier molecular flexibility index (Phi) is 6.66. The Balaban J connectivity index is 1.46. The van der Waals surface area contributed by atoms with E-state index in [1.54, 1.807) is 11.3 Å². The van der Waals surface area contributed by atoms with Gasteiger partial charge in [0.05, 0.1) is 27.2 Å². The number of ether oxygens (including phenoxy) is 1. The van der Waals surface area contributed by atoms with Crippen LogP contribution in [0.3, 0.4) is 0 Å². The van der Waals surface area contributed by atoms with Gasteiger partial charge in [0, 0.05) is 25.9 Å². The van der Waals surface area contributed by atoms with Crippen LogP contribution in [0.15, 0.2) is 54.6 Å². The van der Waals surface area contributed by atoms with Crippen LogP contribution in [0, 0.1) is 5.41 Å². The molecule has 0 unspecified atom stereocenters. The predicted molar refractivity (Wildman–Crippen MR) is 123 cm³/mol. The monoisotopic (exact) mass is 436 g/mol. The third-order valence-corrected chi connectivity index (χ3v) is 7.01. The molecule has 0 bridgehead atoms. The topological polar surface area (TPSA) is 59.5 Å². The lowest BCUT2D eigenvalue weighted by atomic mass is 9.75. The second kappa shape index (κ2) is 9.60. The van der Waals surface area contributed by atoms with E-state index in [1.165, 1.54) is 0 Å². The molecule has 1 atom stereocenters. The summed E-state index contributed by atoms with van der Waals surface area (Å²) in [7, 11) is 0. The van der Waals surface area contributed by atoms with E-state index in [0.29, 0.717) is 39.0 Å². The number of carbonyl (C=O) groups excluding carboxylic acids is 2. The molecule has 2 heterocycles. The highest BCUT2D eigenvalue weighted by Crippen LogP contribution is 2.36. The Morgan fingerprint density at radius 2 is 1.90 bits per heavy atom. The van der Waals surface area contributed by atoms with Gasteiger partial charge in [-0.1, -0.05) is 42.5 Å². The summed E-state index contributed by atoms with van der Waals surface area (Å²) in [5.74, 6) is -0.108. The molecule has 0 saturated carbocycles. The molecule has 5 nitrogen and oxygen atoms in total. The zero-order chi connectivity index (χ0) is 21.7. The zero-order valence-electron chi connectivity index (χ0n) is 17.9. The molecular formula is C25H28N2O3S. The van der Waals surface area contributed by atoms with Crippen LogP contribution in [0.1, 0.15) is 36.8 Å². The average molecular weight is 437 g/mol. The number of amides is 1. The van der Waals surface area contributed by atoms with Crippen LogP contribution >= 0.6 is 11.3 Å². The fourth-order valence-electron chi connectivity index (χ4n) is 4.40. The quantitative estimate of drug-likeness (QED) is 0.506. The Bertz CT molecular complexity index is 1020. The highest BCUT2D eigenvalue weighted by atomic mass is 32.1. The van der Waals surface area contributed by atoms with Crippen LogP contribution in [0.25, 0.3) is 10.2 Å². The van der Waals surface area contributed by atoms with Gasteiger partial charge < -0.3 is 9.64 Å². The van der Waals surface area contributed by atoms with E-state index in [2.05, 4.69) is 11.1 Å². The number of thiazole rings is 1. The Hall–Kier alpha value is -2.73. The summed E-state index contributed by atoms with van der Waals surface area (Å²) in [6.45, 7) is 3.28. The zero-order valence-corrected chi connectivity index (χ0v) is 18.7. The molecule has 3 aromatic rings. The maximum atomic E-state index is 13.1. The molecule has 2 aromatic carbocycles. The van der Waals surface area contributed by atoms with E-state index < -0.39 is 5.41 Å². The summed E-state index contributed by atoms with van der Waals surface area (Å²) in [5, 5.41) is 0.979. The highest BCUT2D eigenvalue weighted by Gasteiger charge is 2.44. The number of aromatic nitrogens is 1. The Morgan fingerprint density at radius 1 is 1.13 bits per heavy atom. The van der Waals surface area contributed by atoms with Crippen LogP contribution < -0.4 is 0 Å². The van der Waals surface area contributed by atoms with Crippen LogP contribution in [-0.4, -0.2) is 41.5 Å². The molecule has 162 valence electrons. The molecule has 1 fully saturated rings. The summed E-state index contributed by atoms with van der Waals surface area (Å²) in [5.41, 5.74) is 1.40. The lowest BCUT2D eigenvalue weighted by Gasteiger charge is -2.41. The van der Waals surface area contributed by atoms with E-state index in [0.717, 1.165) is 33.6 Å². The number of hydrogen-bond acceptors (Lipinski definition) is 5. The molecule has 0 aliphatic carbocycles. The summed E-state index contributed by atoms with van der Waals surface area (Å²) in [6, 6.07) is 18.1. The number of hydrogen-bond donors (Lipinski definition) is 0. The maximum absolute atomic E-state index is 13.1. The number of para-hydroxylation sites is 1. The number of rotatable bonds is 7. The van der Waals surface area contributed by atoms with Crippen molar-refractivity contribution in [1.29, 1.82) is 0 Å². The van der Waals surface area contributed by atoms with Crippen molar-refractivity contribution in [2.75, 3.05) is 19.7 Å². The number of carbonyl (C=O) groups is 2. The molecule has 0 radical (unpaired) electrons. The number of fused-ring (bicyclic) bond motifs is 1. The number of benzene rings is 2. The van der Waals surface area contributed by atoms with Gasteiger partial charge in [-0.3, -0.25) is 9.59 Å². The number of nitrogens with zero attached hydrogens (tertiary/aromatic N) is 2. The first-order valence-electron chi connectivity index (χ1n) is 10.9. The van der Waals surface area contributed by atoms with Crippen molar-refractivity contribution in [3.05, 3.63) is 65.2 Å². The molecule has 1 aliphatic rings. The van der Waals surface area contributed by atoms with E-state index in [9.17, 15) is 9.59 Å². The molecule has 1 aromatic heterocycles. The SMILES string of the molecule is CCOC(=O)[C@]1(Cc2ccccc2)CCCN(C(=O)CCc2nc3ccccc3s2)C1. The summed E-state index contributed by atoms with van der Waals surface area (Å²) < 4.78 is 6.61. The standard InChI is InChI=1S/C25H28N2O3S/c1-2-30-24(29)25(17-19-9-4-3-5-10-19)15-8-16-27(18-25)23(28)14-13-22-26-20-11-6-7-12-21(20)31-22/h3-7,9-12H,2,8,13-18H2,1H3/t25-/m0/s1. The molecule has 31 heavy (non-hydrogen) atoms. The first-order chi connectivity index (χ1) is 15.1. The summed E-state index contributed by atoms with van der Waals surface area (Å²) in [6.07, 6.45) is 3.17. The third kappa shape index (κ3) is 4.96. The van der Waals surface area contributed by atoms with E-state index in [-0.39, 0.29) is 11.9 Å². The fraction of sp³-hybridized carbons (Fsp3) is 0.400. The second-order valence-electron chi connectivity index (χ2n) is 8.16. The summed E-state index contributed by atoms with van der Waals surface area (Å²) in [4.78, 5) is 32.6. The number of esters is 1. The van der Waals surface area contributed by atoms with Gasteiger partial charge in [-0.2, -0.15) is 0 Å². The number of likely N-dealkylation sites (tertiary alicyclic amines) is 1. The maximum Gasteiger partial charge on any atom is 0.314 e. The second-order valence-corrected chi connectivity index (χ2v) is 9.27. The van der Waals surface area contributed by atoms with Gasteiger partial charge in [0.25, 0.3) is 0 Å². The molecule has 4 rings (SSSR count). The molecule has 6 heteroatoms. The van der Waals surface area contributed by atoms with Gasteiger partial charge in [0.1, 0.15) is 0 Å². The Morgan fingerprint density at radius 3 is 2.68 bits per heavy atom. The molecular weight excluding hydrogens is 408 g/mol. The predicted octanol–water partition coefficient (Wildman–Crippen LogP) is 4.64. The third-order valence-electron chi connectivity index (χ3n) is 5.91. The summed E-state index contributed by atoms with van der Waals surface area (Å²) >= 11 is 1.64. The van der Waals surface area contributed by atoms with Gasteiger partial charge in [-0.15, -0.1) is 11.3 Å². The first-order valence-corrected chi connectivity index (χ1v) is 11.7. The van der Waals surface area contributed by atoms with Crippen molar-refractivity contribution in [1.82, 2.24) is 9.88 Å².